The van der Waals surface area contributed by atoms with Crippen LogP contribution in [0.3, 0.4) is 0 Å². The second kappa shape index (κ2) is 8.43. The van der Waals surface area contributed by atoms with Gasteiger partial charge in [-0.1, -0.05) is 0 Å². The van der Waals surface area contributed by atoms with Crippen LogP contribution in [0.15, 0.2) is 32.9 Å². The fourth-order valence-electron chi connectivity index (χ4n) is 1.93. The predicted octanol–water partition coefficient (Wildman–Crippen LogP) is -0.442. The first-order valence-electron chi connectivity index (χ1n) is 7.25. The fourth-order valence-corrected chi connectivity index (χ4v) is 1.93. The molecule has 132 valence electrons. The van der Waals surface area contributed by atoms with E-state index in [0.29, 0.717) is 17.1 Å². The Bertz CT molecular complexity index is 886. The maximum atomic E-state index is 11.8. The van der Waals surface area contributed by atoms with Crippen molar-refractivity contribution in [2.75, 3.05) is 14.2 Å². The number of carbonyl (C=O) groups is 1. The molecule has 0 unspecified atom stereocenters. The highest BCUT2D eigenvalue weighted by atomic mass is 16.5. The van der Waals surface area contributed by atoms with E-state index >= 15 is 0 Å². The number of aromatic amines is 2. The number of H-pyrrole nitrogens is 2. The van der Waals surface area contributed by atoms with Gasteiger partial charge in [0, 0.05) is 24.5 Å². The minimum absolute atomic E-state index is 0.0147. The van der Waals surface area contributed by atoms with Crippen molar-refractivity contribution in [3.05, 3.63) is 50.3 Å². The zero-order chi connectivity index (χ0) is 18.2. The van der Waals surface area contributed by atoms with Crippen LogP contribution < -0.4 is 26.1 Å². The van der Waals surface area contributed by atoms with Crippen LogP contribution in [-0.4, -0.2) is 41.5 Å². The fraction of sp³-hybridized carbons (Fsp3) is 0.267. The third-order valence-corrected chi connectivity index (χ3v) is 3.20. The van der Waals surface area contributed by atoms with Crippen molar-refractivity contribution < 1.29 is 14.3 Å². The molecule has 10 heteroatoms. The summed E-state index contributed by atoms with van der Waals surface area (Å²) in [6.45, 7) is 0. The van der Waals surface area contributed by atoms with Gasteiger partial charge >= 0.3 is 5.69 Å². The third-order valence-electron chi connectivity index (χ3n) is 3.20. The van der Waals surface area contributed by atoms with Gasteiger partial charge in [-0.15, -0.1) is 0 Å². The molecule has 10 nitrogen and oxygen atoms in total. The first kappa shape index (κ1) is 17.9. The number of aryl methyl sites for hydroxylation is 1. The molecule has 0 aliphatic rings. The first-order chi connectivity index (χ1) is 12.0. The van der Waals surface area contributed by atoms with Crippen molar-refractivity contribution >= 4 is 12.1 Å². The molecule has 3 N–H and O–H groups in total. The zero-order valence-corrected chi connectivity index (χ0v) is 13.7. The minimum atomic E-state index is -0.698. The first-order valence-corrected chi connectivity index (χ1v) is 7.25. The number of amides is 1. The Hall–Kier alpha value is -3.43. The summed E-state index contributed by atoms with van der Waals surface area (Å²) in [5, 5.41) is 9.54. The van der Waals surface area contributed by atoms with Gasteiger partial charge in [0.05, 0.1) is 20.4 Å². The molecule has 0 fully saturated rings. The number of aromatic nitrogens is 3. The number of nitrogens with zero attached hydrogens (tertiary/aromatic N) is 2. The van der Waals surface area contributed by atoms with Gasteiger partial charge < -0.3 is 9.47 Å². The SMILES string of the molecule is COc1ccc(C=NNC(=O)CCc2n[nH]c(=O)[nH]c2=O)c(OC)c1. The van der Waals surface area contributed by atoms with E-state index in [1.165, 1.54) is 13.3 Å². The quantitative estimate of drug-likeness (QED) is 0.458. The maximum absolute atomic E-state index is 11.8. The number of benzene rings is 1. The molecule has 0 saturated heterocycles. The van der Waals surface area contributed by atoms with Crippen LogP contribution in [0, 0.1) is 0 Å². The lowest BCUT2D eigenvalue weighted by Crippen LogP contribution is -2.28. The van der Waals surface area contributed by atoms with Gasteiger partial charge in [0.1, 0.15) is 17.2 Å². The number of ether oxygens (including phenoxy) is 2. The number of hydrogen-bond donors (Lipinski definition) is 3. The molecule has 1 amide bonds. The molecule has 1 heterocycles. The predicted molar refractivity (Wildman–Crippen MR) is 89.1 cm³/mol. The average Bonchev–Trinajstić information content (AvgIpc) is 2.61. The average molecular weight is 347 g/mol. The van der Waals surface area contributed by atoms with Crippen molar-refractivity contribution in [2.24, 2.45) is 5.10 Å². The molecular formula is C15H17N5O5. The molecule has 0 spiro atoms. The minimum Gasteiger partial charge on any atom is -0.497 e. The molecule has 25 heavy (non-hydrogen) atoms. The van der Waals surface area contributed by atoms with E-state index in [9.17, 15) is 14.4 Å². The van der Waals surface area contributed by atoms with Gasteiger partial charge in [0.25, 0.3) is 5.56 Å². The van der Waals surface area contributed by atoms with Crippen LogP contribution in [0.4, 0.5) is 0 Å². The van der Waals surface area contributed by atoms with Gasteiger partial charge in [0.2, 0.25) is 5.91 Å². The molecule has 2 rings (SSSR count). The van der Waals surface area contributed by atoms with Crippen LogP contribution in [0.1, 0.15) is 17.7 Å². The Labute approximate surface area is 141 Å². The molecule has 0 aliphatic heterocycles. The van der Waals surface area contributed by atoms with E-state index in [1.54, 1.807) is 25.3 Å². The number of carbonyl (C=O) groups excluding carboxylic acids is 1. The van der Waals surface area contributed by atoms with Crippen molar-refractivity contribution in [3.63, 3.8) is 0 Å². The van der Waals surface area contributed by atoms with Crippen LogP contribution in [0.5, 0.6) is 11.5 Å². The summed E-state index contributed by atoms with van der Waals surface area (Å²) in [6.07, 6.45) is 1.49. The maximum Gasteiger partial charge on any atom is 0.342 e. The molecule has 1 aromatic carbocycles. The van der Waals surface area contributed by atoms with E-state index in [0.717, 1.165) is 0 Å². The Balaban J connectivity index is 1.92. The standard InChI is InChI=1S/C15H17N5O5/c1-24-10-4-3-9(12(7-10)25-2)8-16-19-13(21)6-5-11-14(22)17-15(23)20-18-11/h3-4,7-8H,5-6H2,1-2H3,(H,19,21)(H2,17,20,22,23). The molecule has 0 aliphatic carbocycles. The third kappa shape index (κ3) is 5.03. The van der Waals surface area contributed by atoms with E-state index in [1.807, 2.05) is 4.98 Å². The van der Waals surface area contributed by atoms with Gasteiger partial charge in [-0.3, -0.25) is 14.6 Å². The Kier molecular flexibility index (Phi) is 6.04. The van der Waals surface area contributed by atoms with Gasteiger partial charge in [-0.05, 0) is 12.1 Å². The number of methoxy groups -OCH3 is 2. The summed E-state index contributed by atoms with van der Waals surface area (Å²) in [4.78, 5) is 36.1. The summed E-state index contributed by atoms with van der Waals surface area (Å²) >= 11 is 0. The highest BCUT2D eigenvalue weighted by molar-refractivity contribution is 5.85. The number of hydrazone groups is 1. The zero-order valence-electron chi connectivity index (χ0n) is 13.7. The number of hydrogen-bond acceptors (Lipinski definition) is 7. The van der Waals surface area contributed by atoms with Gasteiger partial charge in [-0.25, -0.2) is 15.3 Å². The van der Waals surface area contributed by atoms with Crippen LogP contribution >= 0.6 is 0 Å². The molecule has 1 aromatic heterocycles. The van der Waals surface area contributed by atoms with Gasteiger partial charge in [-0.2, -0.15) is 10.2 Å². The largest absolute Gasteiger partial charge is 0.497 e. The molecular weight excluding hydrogens is 330 g/mol. The Morgan fingerprint density at radius 2 is 2.12 bits per heavy atom. The van der Waals surface area contributed by atoms with Crippen LogP contribution in [0.2, 0.25) is 0 Å². The highest BCUT2D eigenvalue weighted by Crippen LogP contribution is 2.22. The van der Waals surface area contributed by atoms with Crippen molar-refractivity contribution in [2.45, 2.75) is 12.8 Å². The van der Waals surface area contributed by atoms with Crippen LogP contribution in [-0.2, 0) is 11.2 Å². The Morgan fingerprint density at radius 3 is 2.80 bits per heavy atom. The summed E-state index contributed by atoms with van der Waals surface area (Å²) in [5.74, 6) is 0.772. The van der Waals surface area contributed by atoms with Gasteiger partial charge in [0.15, 0.2) is 0 Å². The lowest BCUT2D eigenvalue weighted by molar-refractivity contribution is -0.121. The topological polar surface area (TPSA) is 139 Å². The smallest absolute Gasteiger partial charge is 0.342 e. The molecule has 0 atom stereocenters. The number of nitrogens with one attached hydrogen (secondary N) is 3. The summed E-state index contributed by atoms with van der Waals surface area (Å²) in [5.41, 5.74) is 1.74. The number of rotatable bonds is 7. The van der Waals surface area contributed by atoms with Crippen LogP contribution in [0.25, 0.3) is 0 Å². The summed E-state index contributed by atoms with van der Waals surface area (Å²) in [7, 11) is 3.06. The molecule has 2 aromatic rings. The van der Waals surface area contributed by atoms with Crippen molar-refractivity contribution in [1.29, 1.82) is 0 Å². The summed E-state index contributed by atoms with van der Waals surface area (Å²) in [6, 6.07) is 5.16. The van der Waals surface area contributed by atoms with Crippen molar-refractivity contribution in [3.8, 4) is 11.5 Å². The second-order valence-corrected chi connectivity index (χ2v) is 4.85. The molecule has 0 bridgehead atoms. The lowest BCUT2D eigenvalue weighted by Gasteiger charge is -2.06. The summed E-state index contributed by atoms with van der Waals surface area (Å²) < 4.78 is 10.3. The lowest BCUT2D eigenvalue weighted by atomic mass is 10.2. The second-order valence-electron chi connectivity index (χ2n) is 4.85. The molecule has 0 radical (unpaired) electrons. The van der Waals surface area contributed by atoms with E-state index < -0.39 is 17.2 Å². The van der Waals surface area contributed by atoms with E-state index in [-0.39, 0.29) is 18.5 Å². The monoisotopic (exact) mass is 347 g/mol. The van der Waals surface area contributed by atoms with Crippen molar-refractivity contribution in [1.82, 2.24) is 20.6 Å². The highest BCUT2D eigenvalue weighted by Gasteiger charge is 2.07. The molecule has 0 saturated carbocycles. The van der Waals surface area contributed by atoms with E-state index in [2.05, 4.69) is 20.7 Å². The normalized spacial score (nSPS) is 10.6. The van der Waals surface area contributed by atoms with E-state index in [4.69, 9.17) is 9.47 Å². The Morgan fingerprint density at radius 1 is 1.32 bits per heavy atom.